The molecule has 1 fully saturated rings. The molecule has 4 nitrogen and oxygen atoms in total. The first kappa shape index (κ1) is 12.5. The quantitative estimate of drug-likeness (QED) is 0.733. The Hall–Kier alpha value is -0.610. The minimum Gasteiger partial charge on any atom is -0.480 e. The molecule has 1 heterocycles. The predicted octanol–water partition coefficient (Wildman–Crippen LogP) is 0.909. The van der Waals surface area contributed by atoms with E-state index in [1.807, 2.05) is 0 Å². The molecule has 88 valence electrons. The summed E-state index contributed by atoms with van der Waals surface area (Å²) >= 11 is 0. The highest BCUT2D eigenvalue weighted by Crippen LogP contribution is 2.23. The van der Waals surface area contributed by atoms with E-state index >= 15 is 0 Å². The highest BCUT2D eigenvalue weighted by atomic mass is 16.4. The molecule has 0 radical (unpaired) electrons. The van der Waals surface area contributed by atoms with Crippen LogP contribution >= 0.6 is 0 Å². The number of carbonyl (C=O) groups is 1. The average Bonchev–Trinajstić information content (AvgIpc) is 2.09. The molecule has 0 aromatic carbocycles. The molecule has 3 N–H and O–H groups in total. The lowest BCUT2D eigenvalue weighted by Gasteiger charge is -2.39. The van der Waals surface area contributed by atoms with Crippen LogP contribution in [0.2, 0.25) is 0 Å². The SMILES string of the molecule is CC1CCN(CC(C)(N)C(=O)O)C(C)C1. The topological polar surface area (TPSA) is 66.6 Å². The van der Waals surface area contributed by atoms with Gasteiger partial charge >= 0.3 is 5.97 Å². The molecule has 1 aliphatic rings. The third-order valence-electron chi connectivity index (χ3n) is 3.30. The first-order valence-corrected chi connectivity index (χ1v) is 5.59. The van der Waals surface area contributed by atoms with Crippen LogP contribution in [-0.2, 0) is 4.79 Å². The van der Waals surface area contributed by atoms with E-state index in [-0.39, 0.29) is 0 Å². The summed E-state index contributed by atoms with van der Waals surface area (Å²) in [5, 5.41) is 8.96. The van der Waals surface area contributed by atoms with Crippen molar-refractivity contribution >= 4 is 5.97 Å². The summed E-state index contributed by atoms with van der Waals surface area (Å²) in [5.41, 5.74) is 4.62. The normalized spacial score (nSPS) is 32.3. The van der Waals surface area contributed by atoms with E-state index in [2.05, 4.69) is 18.7 Å². The smallest absolute Gasteiger partial charge is 0.324 e. The number of aliphatic carboxylic acids is 1. The number of hydrogen-bond donors (Lipinski definition) is 2. The Morgan fingerprint density at radius 2 is 2.20 bits per heavy atom. The van der Waals surface area contributed by atoms with Gasteiger partial charge in [-0.3, -0.25) is 9.69 Å². The van der Waals surface area contributed by atoms with E-state index in [9.17, 15) is 4.79 Å². The van der Waals surface area contributed by atoms with Gasteiger partial charge in [0.15, 0.2) is 0 Å². The van der Waals surface area contributed by atoms with Crippen molar-refractivity contribution in [1.82, 2.24) is 4.90 Å². The van der Waals surface area contributed by atoms with Gasteiger partial charge < -0.3 is 10.8 Å². The third-order valence-corrected chi connectivity index (χ3v) is 3.30. The first-order valence-electron chi connectivity index (χ1n) is 5.59. The Morgan fingerprint density at radius 3 is 2.67 bits per heavy atom. The van der Waals surface area contributed by atoms with Gasteiger partial charge in [0.1, 0.15) is 5.54 Å². The highest BCUT2D eigenvalue weighted by Gasteiger charge is 2.33. The lowest BCUT2D eigenvalue weighted by atomic mass is 9.91. The Kier molecular flexibility index (Phi) is 3.73. The van der Waals surface area contributed by atoms with E-state index in [0.29, 0.717) is 12.6 Å². The van der Waals surface area contributed by atoms with Crippen molar-refractivity contribution in [3.63, 3.8) is 0 Å². The summed E-state index contributed by atoms with van der Waals surface area (Å²) in [7, 11) is 0. The second-order valence-electron chi connectivity index (χ2n) is 5.17. The van der Waals surface area contributed by atoms with Crippen molar-refractivity contribution < 1.29 is 9.90 Å². The third kappa shape index (κ3) is 3.18. The number of nitrogens with two attached hydrogens (primary N) is 1. The second-order valence-corrected chi connectivity index (χ2v) is 5.17. The van der Waals surface area contributed by atoms with Crippen molar-refractivity contribution in [3.8, 4) is 0 Å². The predicted molar refractivity (Wildman–Crippen MR) is 59.7 cm³/mol. The van der Waals surface area contributed by atoms with Crippen molar-refractivity contribution in [3.05, 3.63) is 0 Å². The molecule has 15 heavy (non-hydrogen) atoms. The summed E-state index contributed by atoms with van der Waals surface area (Å²) in [6.07, 6.45) is 2.27. The molecule has 1 rings (SSSR count). The van der Waals surface area contributed by atoms with Gasteiger partial charge in [-0.15, -0.1) is 0 Å². The van der Waals surface area contributed by atoms with Crippen LogP contribution in [0.4, 0.5) is 0 Å². The van der Waals surface area contributed by atoms with Crippen LogP contribution in [0, 0.1) is 5.92 Å². The summed E-state index contributed by atoms with van der Waals surface area (Å²) in [4.78, 5) is 13.1. The molecular formula is C11H22N2O2. The molecule has 0 bridgehead atoms. The highest BCUT2D eigenvalue weighted by molar-refractivity contribution is 5.78. The Labute approximate surface area is 91.4 Å². The zero-order chi connectivity index (χ0) is 11.6. The van der Waals surface area contributed by atoms with Crippen molar-refractivity contribution in [2.24, 2.45) is 11.7 Å². The number of hydrogen-bond acceptors (Lipinski definition) is 3. The molecule has 0 saturated carbocycles. The first-order chi connectivity index (χ1) is 6.83. The number of likely N-dealkylation sites (tertiary alicyclic amines) is 1. The molecule has 0 amide bonds. The lowest BCUT2D eigenvalue weighted by molar-refractivity contribution is -0.143. The standard InChI is InChI=1S/C11H22N2O2/c1-8-4-5-13(9(2)6-8)7-11(3,12)10(14)15/h8-9H,4-7,12H2,1-3H3,(H,14,15). The van der Waals surface area contributed by atoms with Crippen LogP contribution in [0.3, 0.4) is 0 Å². The maximum absolute atomic E-state index is 10.9. The molecule has 0 aromatic heterocycles. The molecular weight excluding hydrogens is 192 g/mol. The molecule has 3 atom stereocenters. The molecule has 4 heteroatoms. The maximum Gasteiger partial charge on any atom is 0.324 e. The molecule has 0 aliphatic carbocycles. The fourth-order valence-corrected chi connectivity index (χ4v) is 2.18. The Bertz CT molecular complexity index is 241. The molecule has 1 aliphatic heterocycles. The van der Waals surface area contributed by atoms with Gasteiger partial charge in [0.25, 0.3) is 0 Å². The van der Waals surface area contributed by atoms with E-state index in [4.69, 9.17) is 10.8 Å². The zero-order valence-corrected chi connectivity index (χ0v) is 9.86. The molecule has 3 unspecified atom stereocenters. The molecule has 1 saturated heterocycles. The van der Waals surface area contributed by atoms with Crippen LogP contribution in [-0.4, -0.2) is 40.6 Å². The van der Waals surface area contributed by atoms with Gasteiger partial charge in [-0.05, 0) is 39.2 Å². The van der Waals surface area contributed by atoms with E-state index in [1.165, 1.54) is 0 Å². The van der Waals surface area contributed by atoms with Crippen molar-refractivity contribution in [2.45, 2.75) is 45.2 Å². The van der Waals surface area contributed by atoms with Gasteiger partial charge in [0.2, 0.25) is 0 Å². The minimum atomic E-state index is -1.13. The van der Waals surface area contributed by atoms with Gasteiger partial charge in [-0.2, -0.15) is 0 Å². The van der Waals surface area contributed by atoms with Crippen LogP contribution in [0.5, 0.6) is 0 Å². The van der Waals surface area contributed by atoms with Gasteiger partial charge in [0.05, 0.1) is 0 Å². The minimum absolute atomic E-state index is 0.441. The van der Waals surface area contributed by atoms with Crippen LogP contribution in [0.1, 0.15) is 33.6 Å². The lowest BCUT2D eigenvalue weighted by Crippen LogP contribution is -2.56. The molecule has 0 spiro atoms. The second kappa shape index (κ2) is 4.49. The largest absolute Gasteiger partial charge is 0.480 e. The fourth-order valence-electron chi connectivity index (χ4n) is 2.18. The average molecular weight is 214 g/mol. The molecule has 0 aromatic rings. The van der Waals surface area contributed by atoms with Crippen molar-refractivity contribution in [1.29, 1.82) is 0 Å². The van der Waals surface area contributed by atoms with Crippen molar-refractivity contribution in [2.75, 3.05) is 13.1 Å². The van der Waals surface area contributed by atoms with E-state index in [0.717, 1.165) is 25.3 Å². The number of carboxylic acid groups (broad SMARTS) is 1. The van der Waals surface area contributed by atoms with Gasteiger partial charge in [-0.1, -0.05) is 6.92 Å². The summed E-state index contributed by atoms with van der Waals surface area (Å²) in [6.45, 7) is 7.37. The Morgan fingerprint density at radius 1 is 1.60 bits per heavy atom. The summed E-state index contributed by atoms with van der Waals surface area (Å²) in [6, 6.07) is 0.441. The summed E-state index contributed by atoms with van der Waals surface area (Å²) < 4.78 is 0. The monoisotopic (exact) mass is 214 g/mol. The van der Waals surface area contributed by atoms with Gasteiger partial charge in [0, 0.05) is 12.6 Å². The van der Waals surface area contributed by atoms with E-state index in [1.54, 1.807) is 6.92 Å². The number of nitrogens with zero attached hydrogens (tertiary/aromatic N) is 1. The number of rotatable bonds is 3. The maximum atomic E-state index is 10.9. The van der Waals surface area contributed by atoms with Gasteiger partial charge in [-0.25, -0.2) is 0 Å². The van der Waals surface area contributed by atoms with Crippen LogP contribution in [0.15, 0.2) is 0 Å². The fraction of sp³-hybridized carbons (Fsp3) is 0.909. The number of piperidine rings is 1. The Balaban J connectivity index is 2.55. The van der Waals surface area contributed by atoms with Crippen LogP contribution in [0.25, 0.3) is 0 Å². The zero-order valence-electron chi connectivity index (χ0n) is 9.86. The number of carboxylic acids is 1. The van der Waals surface area contributed by atoms with E-state index < -0.39 is 11.5 Å². The summed E-state index contributed by atoms with van der Waals surface area (Å²) in [5.74, 6) is -0.182. The van der Waals surface area contributed by atoms with Crippen LogP contribution < -0.4 is 5.73 Å².